The van der Waals surface area contributed by atoms with Crippen LogP contribution in [0, 0.1) is 11.6 Å². The first-order valence-electron chi connectivity index (χ1n) is 14.0. The normalized spacial score (nSPS) is 19.5. The quantitative estimate of drug-likeness (QED) is 0.279. The van der Waals surface area contributed by atoms with Crippen LogP contribution in [0.3, 0.4) is 0 Å². The summed E-state index contributed by atoms with van der Waals surface area (Å²) in [4.78, 5) is 30.1. The third-order valence-electron chi connectivity index (χ3n) is 7.99. The van der Waals surface area contributed by atoms with Gasteiger partial charge in [-0.25, -0.2) is 19.3 Å². The van der Waals surface area contributed by atoms with Gasteiger partial charge in [-0.2, -0.15) is 17.6 Å². The summed E-state index contributed by atoms with van der Waals surface area (Å²) < 4.78 is 70.5. The summed E-state index contributed by atoms with van der Waals surface area (Å²) in [5.41, 5.74) is -0.940. The average Bonchev–Trinajstić information content (AvgIpc) is 3.69. The van der Waals surface area contributed by atoms with Crippen molar-refractivity contribution in [2.75, 3.05) is 43.4 Å². The lowest BCUT2D eigenvalue weighted by Crippen LogP contribution is -2.36. The maximum Gasteiger partial charge on any atom is 0.416 e. The van der Waals surface area contributed by atoms with Crippen LogP contribution < -0.4 is 10.2 Å². The molecule has 2 aromatic heterocycles. The molecule has 4 heterocycles. The Morgan fingerprint density at radius 2 is 1.98 bits per heavy atom. The molecule has 3 aromatic rings. The fourth-order valence-electron chi connectivity index (χ4n) is 5.56. The number of nitrogens with zero attached hydrogens (tertiary/aromatic N) is 6. The van der Waals surface area contributed by atoms with Crippen molar-refractivity contribution in [3.63, 3.8) is 0 Å². The standard InChI is InChI=1S/C28H32F5N7O2S/c1-16-4-3-7-39(16)14-21-24(17-10-18(28(31,32)33)12-19(29)11-17)36-27(43-21)37-25-23(30)26(35-15-34-25)40-9-5-20(13-40)38(2)8-6-22(41)42/h10-12,15-16,20H,3-9,13-14H2,1-2H3,(H,41,42)(H,34,35,36,37)/t16-,20+/m1/s1. The van der Waals surface area contributed by atoms with E-state index >= 15 is 4.39 Å². The van der Waals surface area contributed by atoms with Crippen LogP contribution in [0.5, 0.6) is 0 Å². The first-order valence-corrected chi connectivity index (χ1v) is 14.8. The van der Waals surface area contributed by atoms with E-state index < -0.39 is 29.3 Å². The second-order valence-corrected chi connectivity index (χ2v) is 12.1. The molecule has 0 bridgehead atoms. The highest BCUT2D eigenvalue weighted by atomic mass is 32.1. The van der Waals surface area contributed by atoms with Crippen LogP contribution in [-0.4, -0.2) is 81.1 Å². The monoisotopic (exact) mass is 625 g/mol. The van der Waals surface area contributed by atoms with Crippen LogP contribution >= 0.6 is 11.3 Å². The summed E-state index contributed by atoms with van der Waals surface area (Å²) in [6.45, 7) is 4.61. The Morgan fingerprint density at radius 1 is 1.19 bits per heavy atom. The summed E-state index contributed by atoms with van der Waals surface area (Å²) in [7, 11) is 1.83. The maximum absolute atomic E-state index is 15.7. The van der Waals surface area contributed by atoms with Gasteiger partial charge in [0, 0.05) is 48.7 Å². The Bertz CT molecular complexity index is 1470. The van der Waals surface area contributed by atoms with Crippen molar-refractivity contribution in [2.24, 2.45) is 0 Å². The third-order valence-corrected chi connectivity index (χ3v) is 8.95. The summed E-state index contributed by atoms with van der Waals surface area (Å²) in [5.74, 6) is -2.70. The summed E-state index contributed by atoms with van der Waals surface area (Å²) in [6, 6.07) is 2.63. The number of alkyl halides is 3. The van der Waals surface area contributed by atoms with Gasteiger partial charge in [-0.1, -0.05) is 11.3 Å². The maximum atomic E-state index is 15.7. The molecule has 2 atom stereocenters. The number of carboxylic acids is 1. The lowest BCUT2D eigenvalue weighted by Gasteiger charge is -2.24. The molecule has 9 nitrogen and oxygen atoms in total. The van der Waals surface area contributed by atoms with Crippen LogP contribution in [0.4, 0.5) is 38.7 Å². The number of nitrogens with one attached hydrogen (secondary N) is 1. The lowest BCUT2D eigenvalue weighted by molar-refractivity contribution is -0.138. The fourth-order valence-corrected chi connectivity index (χ4v) is 6.57. The first kappa shape index (κ1) is 31.0. The number of likely N-dealkylation sites (tertiary alicyclic amines) is 1. The first-order chi connectivity index (χ1) is 20.4. The summed E-state index contributed by atoms with van der Waals surface area (Å²) in [6.07, 6.45) is -0.850. The molecule has 2 N–H and O–H groups in total. The lowest BCUT2D eigenvalue weighted by atomic mass is 10.1. The minimum absolute atomic E-state index is 0.00450. The van der Waals surface area contributed by atoms with E-state index in [9.17, 15) is 22.4 Å². The molecule has 0 radical (unpaired) electrons. The number of rotatable bonds is 10. The SMILES string of the molecule is C[C@@H]1CCCN1Cc1sc(Nc2ncnc(N3CC[C@H](N(C)CCC(=O)O)C3)c2F)nc1-c1cc(F)cc(C(F)(F)F)c1. The molecule has 2 fully saturated rings. The van der Waals surface area contributed by atoms with Crippen molar-refractivity contribution in [3.05, 3.63) is 46.6 Å². The van der Waals surface area contributed by atoms with Crippen LogP contribution in [0.2, 0.25) is 0 Å². The van der Waals surface area contributed by atoms with E-state index in [1.165, 1.54) is 6.33 Å². The molecule has 5 rings (SSSR count). The van der Waals surface area contributed by atoms with E-state index in [2.05, 4.69) is 32.1 Å². The predicted octanol–water partition coefficient (Wildman–Crippen LogP) is 5.61. The third kappa shape index (κ3) is 7.21. The topological polar surface area (TPSA) is 97.7 Å². The van der Waals surface area contributed by atoms with Crippen molar-refractivity contribution < 1.29 is 31.9 Å². The molecule has 232 valence electrons. The van der Waals surface area contributed by atoms with Crippen LogP contribution in [0.25, 0.3) is 11.3 Å². The number of carbonyl (C=O) groups is 1. The Balaban J connectivity index is 1.41. The largest absolute Gasteiger partial charge is 0.481 e. The zero-order valence-electron chi connectivity index (χ0n) is 23.7. The molecule has 43 heavy (non-hydrogen) atoms. The summed E-state index contributed by atoms with van der Waals surface area (Å²) >= 11 is 1.15. The number of anilines is 3. The van der Waals surface area contributed by atoms with Gasteiger partial charge in [0.1, 0.15) is 12.1 Å². The molecule has 0 saturated carbocycles. The second kappa shape index (κ2) is 12.7. The molecule has 1 aromatic carbocycles. The van der Waals surface area contributed by atoms with Crippen LogP contribution in [0.1, 0.15) is 43.0 Å². The minimum Gasteiger partial charge on any atom is -0.481 e. The van der Waals surface area contributed by atoms with Gasteiger partial charge in [-0.3, -0.25) is 9.69 Å². The van der Waals surface area contributed by atoms with Crippen molar-refractivity contribution in [1.29, 1.82) is 0 Å². The molecule has 0 amide bonds. The van der Waals surface area contributed by atoms with Gasteiger partial charge in [0.25, 0.3) is 0 Å². The Hall–Kier alpha value is -3.43. The highest BCUT2D eigenvalue weighted by Gasteiger charge is 2.33. The molecule has 2 aliphatic heterocycles. The minimum atomic E-state index is -4.74. The molecule has 0 aliphatic carbocycles. The molecule has 2 saturated heterocycles. The highest BCUT2D eigenvalue weighted by molar-refractivity contribution is 7.16. The van der Waals surface area contributed by atoms with Gasteiger partial charge < -0.3 is 20.2 Å². The average molecular weight is 626 g/mol. The van der Waals surface area contributed by atoms with E-state index in [0.717, 1.165) is 42.9 Å². The Morgan fingerprint density at radius 3 is 2.67 bits per heavy atom. The van der Waals surface area contributed by atoms with Crippen LogP contribution in [-0.2, 0) is 17.5 Å². The van der Waals surface area contributed by atoms with Gasteiger partial charge in [-0.15, -0.1) is 0 Å². The van der Waals surface area contributed by atoms with Gasteiger partial charge in [0.05, 0.1) is 17.7 Å². The molecule has 15 heteroatoms. The number of halogens is 5. The number of carboxylic acid groups (broad SMARTS) is 1. The number of likely N-dealkylation sites (N-methyl/N-ethyl adjacent to an activating group) is 1. The van der Waals surface area contributed by atoms with Gasteiger partial charge in [0.15, 0.2) is 16.8 Å². The van der Waals surface area contributed by atoms with Gasteiger partial charge in [-0.05, 0) is 58.0 Å². The fraction of sp³-hybridized carbons (Fsp3) is 0.500. The number of aromatic nitrogens is 3. The van der Waals surface area contributed by atoms with E-state index in [4.69, 9.17) is 5.11 Å². The van der Waals surface area contributed by atoms with E-state index in [0.29, 0.717) is 43.5 Å². The predicted molar refractivity (Wildman–Crippen MR) is 152 cm³/mol. The van der Waals surface area contributed by atoms with Crippen molar-refractivity contribution in [1.82, 2.24) is 24.8 Å². The van der Waals surface area contributed by atoms with E-state index in [-0.39, 0.29) is 46.5 Å². The number of hydrogen-bond acceptors (Lipinski definition) is 9. The second-order valence-electron chi connectivity index (χ2n) is 11.0. The highest BCUT2D eigenvalue weighted by Crippen LogP contribution is 2.39. The summed E-state index contributed by atoms with van der Waals surface area (Å²) in [5, 5.41) is 12.0. The van der Waals surface area contributed by atoms with E-state index in [1.54, 1.807) is 4.90 Å². The Labute approximate surface area is 249 Å². The van der Waals surface area contributed by atoms with Crippen molar-refractivity contribution in [2.45, 2.75) is 57.4 Å². The smallest absolute Gasteiger partial charge is 0.416 e. The van der Waals surface area contributed by atoms with E-state index in [1.807, 2.05) is 11.9 Å². The Kier molecular flexibility index (Phi) is 9.13. The van der Waals surface area contributed by atoms with Crippen LogP contribution in [0.15, 0.2) is 24.5 Å². The van der Waals surface area contributed by atoms with Crippen molar-refractivity contribution in [3.8, 4) is 11.3 Å². The number of benzene rings is 1. The number of hydrogen-bond donors (Lipinski definition) is 2. The molecule has 0 spiro atoms. The molecule has 2 aliphatic rings. The molecule has 0 unspecified atom stereocenters. The van der Waals surface area contributed by atoms with Crippen molar-refractivity contribution >= 4 is 34.1 Å². The molecular formula is C28H32F5N7O2S. The number of thiazole rings is 1. The zero-order chi connectivity index (χ0) is 30.9. The molecular weight excluding hydrogens is 593 g/mol. The van der Waals surface area contributed by atoms with Gasteiger partial charge >= 0.3 is 12.1 Å². The van der Waals surface area contributed by atoms with Gasteiger partial charge in [0.2, 0.25) is 5.82 Å². The zero-order valence-corrected chi connectivity index (χ0v) is 24.5. The number of aliphatic carboxylic acids is 1.